The number of ether oxygens (including phenoxy) is 1. The standard InChI is InChI=1S/C15H20N2O4/c1-2-10-21-14(19)6-4-3-5-9-16-15(20)12-7-8-13(18)17-11-12/h2,7-8,11H,1,3-6,9-10H2,(H,16,20)(H,17,18). The molecule has 0 radical (unpaired) electrons. The van der Waals surface area contributed by atoms with Crippen molar-refractivity contribution in [2.24, 2.45) is 0 Å². The van der Waals surface area contributed by atoms with Gasteiger partial charge in [0.1, 0.15) is 6.61 Å². The second-order valence-electron chi connectivity index (χ2n) is 4.44. The van der Waals surface area contributed by atoms with Crippen molar-refractivity contribution in [2.45, 2.75) is 25.7 Å². The minimum Gasteiger partial charge on any atom is -0.493 e. The lowest BCUT2D eigenvalue weighted by Crippen LogP contribution is -2.24. The van der Waals surface area contributed by atoms with Gasteiger partial charge in [0.2, 0.25) is 5.88 Å². The topological polar surface area (TPSA) is 88.5 Å². The van der Waals surface area contributed by atoms with Gasteiger partial charge in [0, 0.05) is 25.2 Å². The highest BCUT2D eigenvalue weighted by atomic mass is 16.5. The van der Waals surface area contributed by atoms with Crippen LogP contribution in [0.15, 0.2) is 31.0 Å². The van der Waals surface area contributed by atoms with E-state index in [9.17, 15) is 9.59 Å². The van der Waals surface area contributed by atoms with Crippen LogP contribution < -0.4 is 5.32 Å². The molecule has 21 heavy (non-hydrogen) atoms. The van der Waals surface area contributed by atoms with E-state index in [1.807, 2.05) is 0 Å². The molecule has 0 bridgehead atoms. The van der Waals surface area contributed by atoms with Crippen LogP contribution in [0.5, 0.6) is 5.88 Å². The Morgan fingerprint density at radius 2 is 2.14 bits per heavy atom. The van der Waals surface area contributed by atoms with Crippen LogP contribution in [-0.4, -0.2) is 35.1 Å². The van der Waals surface area contributed by atoms with E-state index in [1.165, 1.54) is 24.4 Å². The number of pyridine rings is 1. The molecule has 114 valence electrons. The molecule has 2 N–H and O–H groups in total. The SMILES string of the molecule is C=CCOC(=O)CCCCCNC(=O)c1ccc(O)nc1. The van der Waals surface area contributed by atoms with Crippen molar-refractivity contribution in [3.63, 3.8) is 0 Å². The molecular weight excluding hydrogens is 272 g/mol. The zero-order valence-electron chi connectivity index (χ0n) is 11.9. The number of aromatic hydroxyl groups is 1. The molecule has 0 atom stereocenters. The number of amides is 1. The van der Waals surface area contributed by atoms with E-state index in [0.29, 0.717) is 18.5 Å². The van der Waals surface area contributed by atoms with Crippen molar-refractivity contribution < 1.29 is 19.4 Å². The van der Waals surface area contributed by atoms with Gasteiger partial charge in [0.25, 0.3) is 5.91 Å². The number of hydrogen-bond acceptors (Lipinski definition) is 5. The van der Waals surface area contributed by atoms with E-state index in [2.05, 4.69) is 16.9 Å². The molecule has 0 aliphatic rings. The largest absolute Gasteiger partial charge is 0.493 e. The molecule has 0 aliphatic heterocycles. The predicted molar refractivity (Wildman–Crippen MR) is 77.9 cm³/mol. The summed E-state index contributed by atoms with van der Waals surface area (Å²) in [5.41, 5.74) is 0.404. The summed E-state index contributed by atoms with van der Waals surface area (Å²) in [4.78, 5) is 26.5. The van der Waals surface area contributed by atoms with Crippen LogP contribution >= 0.6 is 0 Å². The van der Waals surface area contributed by atoms with E-state index in [4.69, 9.17) is 9.84 Å². The van der Waals surface area contributed by atoms with E-state index in [1.54, 1.807) is 0 Å². The lowest BCUT2D eigenvalue weighted by atomic mass is 10.2. The number of aromatic nitrogens is 1. The van der Waals surface area contributed by atoms with Crippen molar-refractivity contribution in [1.82, 2.24) is 10.3 Å². The van der Waals surface area contributed by atoms with Crippen LogP contribution in [-0.2, 0) is 9.53 Å². The second-order valence-corrected chi connectivity index (χ2v) is 4.44. The molecule has 6 heteroatoms. The average molecular weight is 292 g/mol. The molecule has 0 saturated heterocycles. The van der Waals surface area contributed by atoms with E-state index < -0.39 is 0 Å². The van der Waals surface area contributed by atoms with Crippen LogP contribution in [0.3, 0.4) is 0 Å². The summed E-state index contributed by atoms with van der Waals surface area (Å²) < 4.78 is 4.85. The number of nitrogens with zero attached hydrogens (tertiary/aromatic N) is 1. The smallest absolute Gasteiger partial charge is 0.306 e. The molecule has 6 nitrogen and oxygen atoms in total. The van der Waals surface area contributed by atoms with Gasteiger partial charge in [-0.1, -0.05) is 19.1 Å². The first-order valence-electron chi connectivity index (χ1n) is 6.83. The third-order valence-corrected chi connectivity index (χ3v) is 2.72. The molecule has 1 rings (SSSR count). The number of nitrogens with one attached hydrogen (secondary N) is 1. The maximum absolute atomic E-state index is 11.7. The van der Waals surface area contributed by atoms with Crippen molar-refractivity contribution in [3.05, 3.63) is 36.5 Å². The predicted octanol–water partition coefficient (Wildman–Crippen LogP) is 1.81. The molecule has 0 aromatic carbocycles. The molecule has 1 amide bonds. The highest BCUT2D eigenvalue weighted by Gasteiger charge is 2.05. The Balaban J connectivity index is 2.08. The van der Waals surface area contributed by atoms with Crippen molar-refractivity contribution >= 4 is 11.9 Å². The summed E-state index contributed by atoms with van der Waals surface area (Å²) in [6.45, 7) is 4.24. The fraction of sp³-hybridized carbons (Fsp3) is 0.400. The third-order valence-electron chi connectivity index (χ3n) is 2.72. The summed E-state index contributed by atoms with van der Waals surface area (Å²) in [5.74, 6) is -0.572. The quantitative estimate of drug-likeness (QED) is 0.411. The van der Waals surface area contributed by atoms with Gasteiger partial charge in [0.15, 0.2) is 0 Å². The van der Waals surface area contributed by atoms with Gasteiger partial charge in [-0.05, 0) is 18.9 Å². The molecule has 0 aliphatic carbocycles. The van der Waals surface area contributed by atoms with E-state index >= 15 is 0 Å². The Hall–Kier alpha value is -2.37. The Bertz CT molecular complexity index is 471. The normalized spacial score (nSPS) is 9.90. The number of carbonyl (C=O) groups is 2. The number of esters is 1. The number of carbonyl (C=O) groups excluding carboxylic acids is 2. The zero-order valence-corrected chi connectivity index (χ0v) is 11.9. The van der Waals surface area contributed by atoms with E-state index in [-0.39, 0.29) is 24.4 Å². The molecular formula is C15H20N2O4. The Labute approximate surface area is 123 Å². The van der Waals surface area contributed by atoms with Gasteiger partial charge < -0.3 is 15.2 Å². The number of unbranched alkanes of at least 4 members (excludes halogenated alkanes) is 2. The van der Waals surface area contributed by atoms with Gasteiger partial charge in [-0.15, -0.1) is 0 Å². The summed E-state index contributed by atoms with van der Waals surface area (Å²) >= 11 is 0. The highest BCUT2D eigenvalue weighted by Crippen LogP contribution is 2.05. The maximum atomic E-state index is 11.7. The monoisotopic (exact) mass is 292 g/mol. The number of hydrogen-bond donors (Lipinski definition) is 2. The first kappa shape index (κ1) is 16.7. The fourth-order valence-electron chi connectivity index (χ4n) is 1.62. The summed E-state index contributed by atoms with van der Waals surface area (Å²) in [7, 11) is 0. The lowest BCUT2D eigenvalue weighted by Gasteiger charge is -2.05. The summed E-state index contributed by atoms with van der Waals surface area (Å²) in [6.07, 6.45) is 5.57. The van der Waals surface area contributed by atoms with Crippen molar-refractivity contribution in [3.8, 4) is 5.88 Å². The summed E-state index contributed by atoms with van der Waals surface area (Å²) in [6, 6.07) is 2.87. The molecule has 0 saturated carbocycles. The molecule has 1 aromatic heterocycles. The van der Waals surface area contributed by atoms with Crippen LogP contribution in [0.1, 0.15) is 36.0 Å². The van der Waals surface area contributed by atoms with Gasteiger partial charge in [-0.25, -0.2) is 4.98 Å². The maximum Gasteiger partial charge on any atom is 0.306 e. The van der Waals surface area contributed by atoms with Gasteiger partial charge >= 0.3 is 5.97 Å². The fourth-order valence-corrected chi connectivity index (χ4v) is 1.62. The van der Waals surface area contributed by atoms with Crippen LogP contribution in [0.25, 0.3) is 0 Å². The minimum absolute atomic E-state index is 0.116. The number of rotatable bonds is 9. The van der Waals surface area contributed by atoms with Crippen molar-refractivity contribution in [1.29, 1.82) is 0 Å². The third kappa shape index (κ3) is 7.10. The van der Waals surface area contributed by atoms with Gasteiger partial charge in [-0.3, -0.25) is 9.59 Å². The molecule has 0 spiro atoms. The first-order chi connectivity index (χ1) is 10.1. The molecule has 1 heterocycles. The Kier molecular flexibility index (Phi) is 7.56. The highest BCUT2D eigenvalue weighted by molar-refractivity contribution is 5.93. The van der Waals surface area contributed by atoms with Gasteiger partial charge in [-0.2, -0.15) is 0 Å². The minimum atomic E-state index is -0.229. The Morgan fingerprint density at radius 1 is 1.33 bits per heavy atom. The molecule has 1 aromatic rings. The first-order valence-corrected chi connectivity index (χ1v) is 6.83. The zero-order chi connectivity index (χ0) is 15.5. The second kappa shape index (κ2) is 9.52. The molecule has 0 fully saturated rings. The van der Waals surface area contributed by atoms with Gasteiger partial charge in [0.05, 0.1) is 5.56 Å². The van der Waals surface area contributed by atoms with Crippen molar-refractivity contribution in [2.75, 3.05) is 13.2 Å². The van der Waals surface area contributed by atoms with E-state index in [0.717, 1.165) is 19.3 Å². The van der Waals surface area contributed by atoms with Crippen LogP contribution in [0.2, 0.25) is 0 Å². The Morgan fingerprint density at radius 3 is 2.81 bits per heavy atom. The molecule has 0 unspecified atom stereocenters. The average Bonchev–Trinajstić information content (AvgIpc) is 2.49. The lowest BCUT2D eigenvalue weighted by molar-refractivity contribution is -0.142. The summed E-state index contributed by atoms with van der Waals surface area (Å²) in [5, 5.41) is 11.8. The van der Waals surface area contributed by atoms with Crippen LogP contribution in [0.4, 0.5) is 0 Å². The van der Waals surface area contributed by atoms with Crippen LogP contribution in [0, 0.1) is 0 Å².